The van der Waals surface area contributed by atoms with Crippen LogP contribution in [0.25, 0.3) is 0 Å². The summed E-state index contributed by atoms with van der Waals surface area (Å²) in [5, 5.41) is 7.04. The molecule has 6 heteroatoms. The SMILES string of the molecule is CC(C)C1CCN(CC(C(=N)N)C(F)(F)F)C1. The molecule has 1 aliphatic rings. The Balaban J connectivity index is 2.56. The molecule has 0 aromatic rings. The molecule has 0 amide bonds. The second-order valence-corrected chi connectivity index (χ2v) is 5.10. The molecule has 1 rings (SSSR count). The lowest BCUT2D eigenvalue weighted by molar-refractivity contribution is -0.159. The molecule has 1 heterocycles. The fraction of sp³-hybridized carbons (Fsp3) is 0.909. The number of hydrogen-bond donors (Lipinski definition) is 2. The lowest BCUT2D eigenvalue weighted by Crippen LogP contribution is -2.43. The number of halogens is 3. The number of nitrogens with one attached hydrogen (secondary N) is 1. The van der Waals surface area contributed by atoms with Gasteiger partial charge in [0.25, 0.3) is 0 Å². The van der Waals surface area contributed by atoms with Gasteiger partial charge >= 0.3 is 6.18 Å². The minimum Gasteiger partial charge on any atom is -0.387 e. The zero-order valence-corrected chi connectivity index (χ0v) is 10.2. The highest BCUT2D eigenvalue weighted by molar-refractivity contribution is 5.80. The van der Waals surface area contributed by atoms with E-state index >= 15 is 0 Å². The molecule has 0 aromatic heterocycles. The van der Waals surface area contributed by atoms with E-state index in [1.54, 1.807) is 4.90 Å². The van der Waals surface area contributed by atoms with Gasteiger partial charge in [-0.05, 0) is 24.8 Å². The Hall–Kier alpha value is -0.780. The van der Waals surface area contributed by atoms with Crippen LogP contribution in [0.4, 0.5) is 13.2 Å². The summed E-state index contributed by atoms with van der Waals surface area (Å²) >= 11 is 0. The van der Waals surface area contributed by atoms with Crippen molar-refractivity contribution in [3.63, 3.8) is 0 Å². The van der Waals surface area contributed by atoms with E-state index in [0.29, 0.717) is 24.9 Å². The van der Waals surface area contributed by atoms with Gasteiger partial charge in [0, 0.05) is 13.1 Å². The average molecular weight is 251 g/mol. The first kappa shape index (κ1) is 14.3. The fourth-order valence-electron chi connectivity index (χ4n) is 2.21. The maximum absolute atomic E-state index is 12.6. The molecule has 100 valence electrons. The van der Waals surface area contributed by atoms with Gasteiger partial charge in [-0.3, -0.25) is 5.41 Å². The summed E-state index contributed by atoms with van der Waals surface area (Å²) in [4.78, 5) is 1.77. The zero-order chi connectivity index (χ0) is 13.2. The van der Waals surface area contributed by atoms with Crippen LogP contribution in [-0.4, -0.2) is 36.5 Å². The van der Waals surface area contributed by atoms with Gasteiger partial charge in [0.1, 0.15) is 11.8 Å². The van der Waals surface area contributed by atoms with Crippen LogP contribution in [-0.2, 0) is 0 Å². The first-order valence-electron chi connectivity index (χ1n) is 5.84. The monoisotopic (exact) mass is 251 g/mol. The first-order valence-corrected chi connectivity index (χ1v) is 5.84. The van der Waals surface area contributed by atoms with Crippen LogP contribution in [0, 0.1) is 23.2 Å². The predicted molar refractivity (Wildman–Crippen MR) is 60.8 cm³/mol. The van der Waals surface area contributed by atoms with Gasteiger partial charge in [0.15, 0.2) is 0 Å². The number of nitrogens with two attached hydrogens (primary N) is 1. The molecular weight excluding hydrogens is 231 g/mol. The Bertz CT molecular complexity index is 276. The minimum atomic E-state index is -4.41. The van der Waals surface area contributed by atoms with Crippen molar-refractivity contribution in [2.45, 2.75) is 26.4 Å². The van der Waals surface area contributed by atoms with Gasteiger partial charge in [-0.2, -0.15) is 13.2 Å². The predicted octanol–water partition coefficient (Wildman–Crippen LogP) is 2.08. The summed E-state index contributed by atoms with van der Waals surface area (Å²) in [6.07, 6.45) is -3.48. The molecule has 3 N–H and O–H groups in total. The van der Waals surface area contributed by atoms with Crippen molar-refractivity contribution < 1.29 is 13.2 Å². The number of rotatable bonds is 4. The van der Waals surface area contributed by atoms with Crippen molar-refractivity contribution in [3.8, 4) is 0 Å². The van der Waals surface area contributed by atoms with E-state index in [1.807, 2.05) is 0 Å². The van der Waals surface area contributed by atoms with E-state index in [-0.39, 0.29) is 6.54 Å². The van der Waals surface area contributed by atoms with Crippen LogP contribution < -0.4 is 5.73 Å². The van der Waals surface area contributed by atoms with Crippen molar-refractivity contribution in [1.29, 1.82) is 5.41 Å². The molecule has 17 heavy (non-hydrogen) atoms. The van der Waals surface area contributed by atoms with Crippen molar-refractivity contribution in [1.82, 2.24) is 4.90 Å². The highest BCUT2D eigenvalue weighted by Gasteiger charge is 2.43. The number of amidine groups is 1. The van der Waals surface area contributed by atoms with E-state index < -0.39 is 17.9 Å². The molecule has 3 nitrogen and oxygen atoms in total. The second kappa shape index (κ2) is 5.25. The lowest BCUT2D eigenvalue weighted by atomic mass is 9.95. The van der Waals surface area contributed by atoms with Crippen LogP contribution in [0.3, 0.4) is 0 Å². The van der Waals surface area contributed by atoms with E-state index in [1.165, 1.54) is 0 Å². The Labute approximate surface area is 99.7 Å². The lowest BCUT2D eigenvalue weighted by Gasteiger charge is -2.25. The van der Waals surface area contributed by atoms with Crippen LogP contribution in [0.1, 0.15) is 20.3 Å². The molecule has 0 bridgehead atoms. The molecule has 0 aromatic carbocycles. The molecule has 1 aliphatic heterocycles. The van der Waals surface area contributed by atoms with E-state index in [2.05, 4.69) is 13.8 Å². The third-order valence-corrected chi connectivity index (χ3v) is 3.46. The Morgan fingerprint density at radius 1 is 1.47 bits per heavy atom. The summed E-state index contributed by atoms with van der Waals surface area (Å²) in [6, 6.07) is 0. The molecule has 0 aliphatic carbocycles. The number of likely N-dealkylation sites (tertiary alicyclic amines) is 1. The van der Waals surface area contributed by atoms with E-state index in [9.17, 15) is 13.2 Å². The highest BCUT2D eigenvalue weighted by atomic mass is 19.4. The van der Waals surface area contributed by atoms with Crippen molar-refractivity contribution >= 4 is 5.84 Å². The Morgan fingerprint density at radius 2 is 2.06 bits per heavy atom. The first-order chi connectivity index (χ1) is 7.71. The average Bonchev–Trinajstić information content (AvgIpc) is 2.59. The summed E-state index contributed by atoms with van der Waals surface area (Å²) in [5.74, 6) is -1.67. The number of nitrogens with zero attached hydrogens (tertiary/aromatic N) is 1. The van der Waals surface area contributed by atoms with Crippen LogP contribution in [0.2, 0.25) is 0 Å². The summed E-state index contributed by atoms with van der Waals surface area (Å²) < 4.78 is 37.9. The summed E-state index contributed by atoms with van der Waals surface area (Å²) in [6.45, 7) is 5.34. The van der Waals surface area contributed by atoms with E-state index in [4.69, 9.17) is 11.1 Å². The van der Waals surface area contributed by atoms with Gasteiger partial charge < -0.3 is 10.6 Å². The third-order valence-electron chi connectivity index (χ3n) is 3.46. The van der Waals surface area contributed by atoms with Gasteiger partial charge in [-0.1, -0.05) is 13.8 Å². The van der Waals surface area contributed by atoms with Crippen molar-refractivity contribution in [2.24, 2.45) is 23.5 Å². The maximum atomic E-state index is 12.6. The summed E-state index contributed by atoms with van der Waals surface area (Å²) in [7, 11) is 0. The standard InChI is InChI=1S/C11H20F3N3/c1-7(2)8-3-4-17(5-8)6-9(10(15)16)11(12,13)14/h7-9H,3-6H2,1-2H3,(H3,15,16). The number of hydrogen-bond acceptors (Lipinski definition) is 2. The van der Waals surface area contributed by atoms with Crippen molar-refractivity contribution in [3.05, 3.63) is 0 Å². The van der Waals surface area contributed by atoms with Crippen LogP contribution >= 0.6 is 0 Å². The molecule has 1 saturated heterocycles. The van der Waals surface area contributed by atoms with Crippen LogP contribution in [0.15, 0.2) is 0 Å². The van der Waals surface area contributed by atoms with Gasteiger partial charge in [-0.15, -0.1) is 0 Å². The van der Waals surface area contributed by atoms with Gasteiger partial charge in [0.05, 0.1) is 0 Å². The van der Waals surface area contributed by atoms with Crippen molar-refractivity contribution in [2.75, 3.05) is 19.6 Å². The second-order valence-electron chi connectivity index (χ2n) is 5.10. The van der Waals surface area contributed by atoms with Crippen LogP contribution in [0.5, 0.6) is 0 Å². The molecule has 2 atom stereocenters. The molecule has 1 fully saturated rings. The maximum Gasteiger partial charge on any atom is 0.399 e. The summed E-state index contributed by atoms with van der Waals surface area (Å²) in [5.41, 5.74) is 5.03. The minimum absolute atomic E-state index is 0.179. The molecule has 0 saturated carbocycles. The quantitative estimate of drug-likeness (QED) is 0.593. The Morgan fingerprint density at radius 3 is 2.41 bits per heavy atom. The Kier molecular flexibility index (Phi) is 4.41. The zero-order valence-electron chi connectivity index (χ0n) is 10.2. The largest absolute Gasteiger partial charge is 0.399 e. The highest BCUT2D eigenvalue weighted by Crippen LogP contribution is 2.30. The molecule has 2 unspecified atom stereocenters. The molecular formula is C11H20F3N3. The number of alkyl halides is 3. The molecule has 0 spiro atoms. The van der Waals surface area contributed by atoms with Gasteiger partial charge in [-0.25, -0.2) is 0 Å². The normalized spacial score (nSPS) is 24.2. The smallest absolute Gasteiger partial charge is 0.387 e. The fourth-order valence-corrected chi connectivity index (χ4v) is 2.21. The van der Waals surface area contributed by atoms with E-state index in [0.717, 1.165) is 6.42 Å². The molecule has 0 radical (unpaired) electrons. The van der Waals surface area contributed by atoms with Gasteiger partial charge in [0.2, 0.25) is 0 Å². The third kappa shape index (κ3) is 3.87. The topological polar surface area (TPSA) is 53.1 Å².